The third-order valence-electron chi connectivity index (χ3n) is 2.67. The highest BCUT2D eigenvalue weighted by Gasteiger charge is 2.15. The van der Waals surface area contributed by atoms with Gasteiger partial charge in [-0.1, -0.05) is 13.3 Å². The van der Waals surface area contributed by atoms with Crippen LogP contribution in [0.4, 0.5) is 11.5 Å². The lowest BCUT2D eigenvalue weighted by Crippen LogP contribution is -2.22. The molecule has 0 saturated carbocycles. The van der Waals surface area contributed by atoms with Crippen LogP contribution < -0.4 is 10.2 Å². The fraction of sp³-hybridized carbons (Fsp3) is 0.417. The zero-order valence-electron chi connectivity index (χ0n) is 9.63. The predicted octanol–water partition coefficient (Wildman–Crippen LogP) is 3.66. The second kappa shape index (κ2) is 4.87. The lowest BCUT2D eigenvalue weighted by molar-refractivity contribution is 0.779. The van der Waals surface area contributed by atoms with E-state index in [2.05, 4.69) is 50.3 Å². The normalized spacial score (nSPS) is 13.6. The van der Waals surface area contributed by atoms with Gasteiger partial charge in [0.05, 0.1) is 11.4 Å². The van der Waals surface area contributed by atoms with Crippen molar-refractivity contribution in [3.63, 3.8) is 0 Å². The van der Waals surface area contributed by atoms with Gasteiger partial charge in [0.1, 0.15) is 0 Å². The molecule has 0 fully saturated rings. The Morgan fingerprint density at radius 3 is 3.06 bits per heavy atom. The number of hydrogen-bond donors (Lipinski definition) is 1. The van der Waals surface area contributed by atoms with Crippen LogP contribution >= 0.6 is 15.9 Å². The van der Waals surface area contributed by atoms with Crippen molar-refractivity contribution < 1.29 is 0 Å². The Hall–Kier alpha value is -1.03. The van der Waals surface area contributed by atoms with Crippen LogP contribution in [0, 0.1) is 6.92 Å². The summed E-state index contributed by atoms with van der Waals surface area (Å²) in [5.41, 5.74) is 2.16. The van der Waals surface area contributed by atoms with Gasteiger partial charge in [-0.2, -0.15) is 0 Å². The molecule has 2 heterocycles. The Kier molecular flexibility index (Phi) is 3.49. The molecule has 4 heteroatoms. The van der Waals surface area contributed by atoms with Gasteiger partial charge in [0.15, 0.2) is 5.82 Å². The van der Waals surface area contributed by atoms with E-state index in [0.29, 0.717) is 0 Å². The molecule has 16 heavy (non-hydrogen) atoms. The lowest BCUT2D eigenvalue weighted by atomic mass is 10.2. The van der Waals surface area contributed by atoms with Gasteiger partial charge in [-0.15, -0.1) is 0 Å². The van der Waals surface area contributed by atoms with Crippen molar-refractivity contribution >= 4 is 27.4 Å². The summed E-state index contributed by atoms with van der Waals surface area (Å²) in [5.74, 6) is 0.944. The second-order valence-corrected chi connectivity index (χ2v) is 4.78. The Balaban J connectivity index is 2.30. The van der Waals surface area contributed by atoms with Crippen molar-refractivity contribution in [1.29, 1.82) is 0 Å². The molecule has 2 rings (SSSR count). The number of nitrogens with zero attached hydrogens (tertiary/aromatic N) is 2. The van der Waals surface area contributed by atoms with Crippen molar-refractivity contribution in [2.24, 2.45) is 0 Å². The van der Waals surface area contributed by atoms with E-state index in [1.54, 1.807) is 0 Å². The number of fused-ring (bicyclic) bond motifs is 1. The van der Waals surface area contributed by atoms with Crippen LogP contribution in [0.25, 0.3) is 0 Å². The average molecular weight is 282 g/mol. The summed E-state index contributed by atoms with van der Waals surface area (Å²) < 4.78 is 1.06. The molecular formula is C12H16BrN3. The smallest absolute Gasteiger partial charge is 0.154 e. The number of anilines is 2. The van der Waals surface area contributed by atoms with E-state index in [0.717, 1.165) is 28.2 Å². The van der Waals surface area contributed by atoms with E-state index < -0.39 is 0 Å². The van der Waals surface area contributed by atoms with Crippen LogP contribution in [-0.2, 0) is 0 Å². The number of halogens is 1. The maximum absolute atomic E-state index is 4.52. The van der Waals surface area contributed by atoms with Gasteiger partial charge < -0.3 is 10.2 Å². The topological polar surface area (TPSA) is 28.2 Å². The highest BCUT2D eigenvalue weighted by atomic mass is 79.9. The minimum atomic E-state index is 0.944. The Morgan fingerprint density at radius 1 is 1.50 bits per heavy atom. The first-order chi connectivity index (χ1) is 7.72. The molecule has 86 valence electrons. The van der Waals surface area contributed by atoms with Crippen molar-refractivity contribution in [2.75, 3.05) is 16.8 Å². The molecule has 0 radical (unpaired) electrons. The largest absolute Gasteiger partial charge is 0.343 e. The van der Waals surface area contributed by atoms with Crippen molar-refractivity contribution in [2.45, 2.75) is 26.7 Å². The number of rotatable bonds is 3. The highest BCUT2D eigenvalue weighted by Crippen LogP contribution is 2.32. The maximum atomic E-state index is 4.52. The van der Waals surface area contributed by atoms with Crippen molar-refractivity contribution in [1.82, 2.24) is 4.98 Å². The molecule has 0 amide bonds. The molecular weight excluding hydrogens is 266 g/mol. The zero-order valence-corrected chi connectivity index (χ0v) is 11.2. The van der Waals surface area contributed by atoms with Crippen LogP contribution in [-0.4, -0.2) is 11.5 Å². The molecule has 0 atom stereocenters. The summed E-state index contributed by atoms with van der Waals surface area (Å²) in [7, 11) is 0. The molecule has 0 saturated heterocycles. The number of nitrogens with one attached hydrogen (secondary N) is 1. The monoisotopic (exact) mass is 281 g/mol. The molecule has 3 nitrogen and oxygen atoms in total. The maximum Gasteiger partial charge on any atom is 0.154 e. The van der Waals surface area contributed by atoms with E-state index in [-0.39, 0.29) is 0 Å². The standard InChI is InChI=1S/C12H16BrN3/c1-3-4-6-16-7-5-14-12-11(16)8-10(13)9(2)15-12/h5,7-8H,3-4,6H2,1-2H3,(H,14,15). The van der Waals surface area contributed by atoms with Gasteiger partial charge in [0, 0.05) is 23.4 Å². The van der Waals surface area contributed by atoms with E-state index >= 15 is 0 Å². The Morgan fingerprint density at radius 2 is 2.31 bits per heavy atom. The molecule has 1 aromatic rings. The van der Waals surface area contributed by atoms with Crippen molar-refractivity contribution in [3.05, 3.63) is 28.6 Å². The number of hydrogen-bond acceptors (Lipinski definition) is 3. The van der Waals surface area contributed by atoms with E-state index in [9.17, 15) is 0 Å². The molecule has 1 N–H and O–H groups in total. The Bertz CT molecular complexity index is 415. The van der Waals surface area contributed by atoms with Crippen LogP contribution in [0.5, 0.6) is 0 Å². The van der Waals surface area contributed by atoms with Gasteiger partial charge in [0.25, 0.3) is 0 Å². The lowest BCUT2D eigenvalue weighted by Gasteiger charge is -2.26. The first-order valence-corrected chi connectivity index (χ1v) is 6.38. The molecule has 0 spiro atoms. The fourth-order valence-electron chi connectivity index (χ4n) is 1.71. The van der Waals surface area contributed by atoms with Crippen LogP contribution in [0.1, 0.15) is 25.5 Å². The number of aromatic nitrogens is 1. The molecule has 0 aromatic carbocycles. The summed E-state index contributed by atoms with van der Waals surface area (Å²) >= 11 is 3.53. The highest BCUT2D eigenvalue weighted by molar-refractivity contribution is 9.10. The molecule has 1 aromatic heterocycles. The van der Waals surface area contributed by atoms with Gasteiger partial charge in [-0.25, -0.2) is 4.98 Å². The van der Waals surface area contributed by atoms with Crippen LogP contribution in [0.2, 0.25) is 0 Å². The van der Waals surface area contributed by atoms with Gasteiger partial charge in [0.2, 0.25) is 0 Å². The second-order valence-electron chi connectivity index (χ2n) is 3.93. The third kappa shape index (κ3) is 2.21. The van der Waals surface area contributed by atoms with Crippen molar-refractivity contribution in [3.8, 4) is 0 Å². The predicted molar refractivity (Wildman–Crippen MR) is 71.7 cm³/mol. The molecule has 0 unspecified atom stereocenters. The average Bonchev–Trinajstić information content (AvgIpc) is 2.28. The molecule has 0 aliphatic carbocycles. The zero-order chi connectivity index (χ0) is 11.5. The number of aryl methyl sites for hydroxylation is 1. The van der Waals surface area contributed by atoms with Crippen LogP contribution in [0.15, 0.2) is 22.9 Å². The van der Waals surface area contributed by atoms with Gasteiger partial charge >= 0.3 is 0 Å². The first-order valence-electron chi connectivity index (χ1n) is 5.59. The minimum Gasteiger partial charge on any atom is -0.343 e. The van der Waals surface area contributed by atoms with E-state index in [4.69, 9.17) is 0 Å². The summed E-state index contributed by atoms with van der Waals surface area (Å²) in [6.45, 7) is 5.25. The fourth-order valence-corrected chi connectivity index (χ4v) is 2.01. The molecule has 1 aliphatic heterocycles. The minimum absolute atomic E-state index is 0.944. The molecule has 1 aliphatic rings. The quantitative estimate of drug-likeness (QED) is 0.917. The summed E-state index contributed by atoms with van der Waals surface area (Å²) in [4.78, 5) is 6.76. The van der Waals surface area contributed by atoms with Gasteiger partial charge in [-0.05, 0) is 35.3 Å². The summed E-state index contributed by atoms with van der Waals surface area (Å²) in [6.07, 6.45) is 6.41. The Labute approximate surface area is 105 Å². The molecule has 0 bridgehead atoms. The summed E-state index contributed by atoms with van der Waals surface area (Å²) in [5, 5.41) is 3.18. The van der Waals surface area contributed by atoms with Gasteiger partial charge in [-0.3, -0.25) is 0 Å². The SMILES string of the molecule is CCCCN1C=CNc2nc(C)c(Br)cc21. The number of unbranched alkanes of at least 4 members (excludes halogenated alkanes) is 1. The third-order valence-corrected chi connectivity index (χ3v) is 3.47. The number of pyridine rings is 1. The first kappa shape index (κ1) is 11.5. The van der Waals surface area contributed by atoms with E-state index in [1.165, 1.54) is 12.8 Å². The van der Waals surface area contributed by atoms with Crippen LogP contribution in [0.3, 0.4) is 0 Å². The summed E-state index contributed by atoms with van der Waals surface area (Å²) in [6, 6.07) is 2.13. The van der Waals surface area contributed by atoms with E-state index in [1.807, 2.05) is 13.1 Å².